The molecule has 0 aliphatic carbocycles. The van der Waals surface area contributed by atoms with Crippen molar-refractivity contribution >= 4 is 5.97 Å². The topological polar surface area (TPSA) is 53.4 Å². The molecule has 0 spiro atoms. The van der Waals surface area contributed by atoms with Gasteiger partial charge in [0.05, 0.1) is 36.7 Å². The van der Waals surface area contributed by atoms with E-state index in [2.05, 4.69) is 61.5 Å². The molecule has 1 aromatic heterocycles. The predicted octanol–water partition coefficient (Wildman–Crippen LogP) is 7.41. The van der Waals surface area contributed by atoms with E-state index in [1.54, 1.807) is 7.11 Å². The van der Waals surface area contributed by atoms with Crippen LogP contribution in [0, 0.1) is 6.92 Å². The molecule has 0 fully saturated rings. The number of rotatable bonds is 9. The number of nitrogens with zero attached hydrogens (tertiary/aromatic N) is 2. The van der Waals surface area contributed by atoms with Crippen molar-refractivity contribution < 1.29 is 14.3 Å². The second-order valence-electron chi connectivity index (χ2n) is 9.49. The van der Waals surface area contributed by atoms with Crippen molar-refractivity contribution in [3.63, 3.8) is 0 Å². The van der Waals surface area contributed by atoms with E-state index >= 15 is 0 Å². The SMILES string of the molecule is CCOC(=O)C(Cc1cc(-c2ccc(C)cc2)n(-c2ccc(OC)cc2)n1)c1ccc(-c2ccccc2)cc1. The Bertz CT molecular complexity index is 1520. The number of methoxy groups -OCH3 is 1. The second-order valence-corrected chi connectivity index (χ2v) is 9.49. The van der Waals surface area contributed by atoms with Crippen LogP contribution < -0.4 is 4.74 Å². The van der Waals surface area contributed by atoms with Gasteiger partial charge in [-0.05, 0) is 60.9 Å². The Morgan fingerprint density at radius 3 is 2.10 bits per heavy atom. The maximum Gasteiger partial charge on any atom is 0.313 e. The van der Waals surface area contributed by atoms with Gasteiger partial charge in [-0.2, -0.15) is 5.10 Å². The number of carbonyl (C=O) groups is 1. The number of hydrogen-bond donors (Lipinski definition) is 0. The van der Waals surface area contributed by atoms with Crippen molar-refractivity contribution in [1.29, 1.82) is 0 Å². The number of esters is 1. The second kappa shape index (κ2) is 11.8. The lowest BCUT2D eigenvalue weighted by atomic mass is 9.92. The monoisotopic (exact) mass is 516 g/mol. The molecule has 0 aliphatic heterocycles. The Labute approximate surface area is 229 Å². The average Bonchev–Trinajstić information content (AvgIpc) is 3.41. The van der Waals surface area contributed by atoms with E-state index in [-0.39, 0.29) is 5.97 Å². The summed E-state index contributed by atoms with van der Waals surface area (Å²) in [6.07, 6.45) is 0.422. The molecule has 0 bridgehead atoms. The summed E-state index contributed by atoms with van der Waals surface area (Å²) in [5, 5.41) is 4.98. The number of ether oxygens (including phenoxy) is 2. The standard InChI is InChI=1S/C34H32N2O3/c1-4-39-34(37)32(27-16-14-26(15-17-27)25-8-6-5-7-9-25)22-29-23-33(28-12-10-24(2)11-13-28)36(35-29)30-18-20-31(38-3)21-19-30/h5-21,23,32H,4,22H2,1-3H3. The van der Waals surface area contributed by atoms with Gasteiger partial charge in [0.25, 0.3) is 0 Å². The fraction of sp³-hybridized carbons (Fsp3) is 0.176. The van der Waals surface area contributed by atoms with Gasteiger partial charge in [-0.25, -0.2) is 4.68 Å². The van der Waals surface area contributed by atoms with E-state index in [0.29, 0.717) is 13.0 Å². The van der Waals surface area contributed by atoms with E-state index < -0.39 is 5.92 Å². The van der Waals surface area contributed by atoms with Gasteiger partial charge in [-0.3, -0.25) is 4.79 Å². The largest absolute Gasteiger partial charge is 0.497 e. The Morgan fingerprint density at radius 1 is 0.821 bits per heavy atom. The Hall–Kier alpha value is -4.64. The van der Waals surface area contributed by atoms with Crippen LogP contribution in [0.4, 0.5) is 0 Å². The van der Waals surface area contributed by atoms with Gasteiger partial charge in [0.2, 0.25) is 0 Å². The lowest BCUT2D eigenvalue weighted by Gasteiger charge is -2.15. The third-order valence-corrected chi connectivity index (χ3v) is 6.83. The highest BCUT2D eigenvalue weighted by Gasteiger charge is 2.25. The van der Waals surface area contributed by atoms with Crippen molar-refractivity contribution in [2.45, 2.75) is 26.2 Å². The van der Waals surface area contributed by atoms with Gasteiger partial charge >= 0.3 is 5.97 Å². The average molecular weight is 517 g/mol. The minimum absolute atomic E-state index is 0.249. The molecule has 5 nitrogen and oxygen atoms in total. The van der Waals surface area contributed by atoms with E-state index in [0.717, 1.165) is 45.1 Å². The van der Waals surface area contributed by atoms with Gasteiger partial charge in [0.1, 0.15) is 5.75 Å². The van der Waals surface area contributed by atoms with Gasteiger partial charge in [-0.15, -0.1) is 0 Å². The summed E-state index contributed by atoms with van der Waals surface area (Å²) in [5.41, 5.74) is 8.07. The number of hydrogen-bond acceptors (Lipinski definition) is 4. The molecular formula is C34H32N2O3. The summed E-state index contributed by atoms with van der Waals surface area (Å²) in [5.74, 6) is 0.0602. The van der Waals surface area contributed by atoms with E-state index in [1.165, 1.54) is 5.56 Å². The lowest BCUT2D eigenvalue weighted by Crippen LogP contribution is -2.18. The van der Waals surface area contributed by atoms with Crippen molar-refractivity contribution in [3.8, 4) is 33.8 Å². The summed E-state index contributed by atoms with van der Waals surface area (Å²) in [6, 6.07) is 36.6. The zero-order valence-corrected chi connectivity index (χ0v) is 22.5. The first kappa shape index (κ1) is 26.0. The fourth-order valence-electron chi connectivity index (χ4n) is 4.71. The lowest BCUT2D eigenvalue weighted by molar-refractivity contribution is -0.145. The van der Waals surface area contributed by atoms with Gasteiger partial charge in [-0.1, -0.05) is 84.4 Å². The summed E-state index contributed by atoms with van der Waals surface area (Å²) in [4.78, 5) is 13.2. The van der Waals surface area contributed by atoms with Crippen LogP contribution in [0.3, 0.4) is 0 Å². The van der Waals surface area contributed by atoms with Gasteiger partial charge < -0.3 is 9.47 Å². The molecule has 196 valence electrons. The van der Waals surface area contributed by atoms with Gasteiger partial charge in [0, 0.05) is 12.0 Å². The zero-order chi connectivity index (χ0) is 27.2. The summed E-state index contributed by atoms with van der Waals surface area (Å²) in [7, 11) is 1.65. The quantitative estimate of drug-likeness (QED) is 0.191. The van der Waals surface area contributed by atoms with E-state index in [4.69, 9.17) is 14.6 Å². The highest BCUT2D eigenvalue weighted by atomic mass is 16.5. The molecule has 0 aliphatic rings. The molecule has 5 rings (SSSR count). The molecule has 4 aromatic carbocycles. The van der Waals surface area contributed by atoms with Crippen molar-refractivity contribution in [2.24, 2.45) is 0 Å². The first-order valence-electron chi connectivity index (χ1n) is 13.2. The first-order chi connectivity index (χ1) is 19.1. The molecule has 0 N–H and O–H groups in total. The Kier molecular flexibility index (Phi) is 7.88. The number of aromatic nitrogens is 2. The Balaban J connectivity index is 1.51. The zero-order valence-electron chi connectivity index (χ0n) is 22.5. The molecule has 1 heterocycles. The maximum absolute atomic E-state index is 13.2. The van der Waals surface area contributed by atoms with Crippen LogP contribution in [0.25, 0.3) is 28.1 Å². The van der Waals surface area contributed by atoms with Crippen LogP contribution >= 0.6 is 0 Å². The highest BCUT2D eigenvalue weighted by molar-refractivity contribution is 5.79. The van der Waals surface area contributed by atoms with Crippen molar-refractivity contribution in [3.05, 3.63) is 126 Å². The van der Waals surface area contributed by atoms with Crippen LogP contribution in [0.5, 0.6) is 5.75 Å². The van der Waals surface area contributed by atoms with Crippen LogP contribution in [-0.4, -0.2) is 29.5 Å². The number of carbonyl (C=O) groups excluding carboxylic acids is 1. The summed E-state index contributed by atoms with van der Waals surface area (Å²) >= 11 is 0. The molecule has 0 amide bonds. The molecular weight excluding hydrogens is 484 g/mol. The van der Waals surface area contributed by atoms with Crippen LogP contribution in [0.2, 0.25) is 0 Å². The minimum Gasteiger partial charge on any atom is -0.497 e. The molecule has 5 aromatic rings. The number of benzene rings is 4. The molecule has 0 saturated carbocycles. The number of aryl methyl sites for hydroxylation is 1. The first-order valence-corrected chi connectivity index (χ1v) is 13.2. The third kappa shape index (κ3) is 5.93. The van der Waals surface area contributed by atoms with Crippen molar-refractivity contribution in [2.75, 3.05) is 13.7 Å². The summed E-state index contributed by atoms with van der Waals surface area (Å²) < 4.78 is 12.8. The fourth-order valence-corrected chi connectivity index (χ4v) is 4.71. The third-order valence-electron chi connectivity index (χ3n) is 6.83. The minimum atomic E-state index is -0.472. The van der Waals surface area contributed by atoms with Gasteiger partial charge in [0.15, 0.2) is 0 Å². The Morgan fingerprint density at radius 2 is 1.46 bits per heavy atom. The van der Waals surface area contributed by atoms with Crippen LogP contribution in [0.1, 0.15) is 29.7 Å². The predicted molar refractivity (Wildman–Crippen MR) is 155 cm³/mol. The normalized spacial score (nSPS) is 11.7. The molecule has 1 atom stereocenters. The van der Waals surface area contributed by atoms with Crippen molar-refractivity contribution in [1.82, 2.24) is 9.78 Å². The maximum atomic E-state index is 13.2. The molecule has 5 heteroatoms. The van der Waals surface area contributed by atoms with Crippen LogP contribution in [-0.2, 0) is 16.0 Å². The smallest absolute Gasteiger partial charge is 0.313 e. The summed E-state index contributed by atoms with van der Waals surface area (Å²) in [6.45, 7) is 4.23. The van der Waals surface area contributed by atoms with E-state index in [1.807, 2.05) is 66.2 Å². The highest BCUT2D eigenvalue weighted by Crippen LogP contribution is 2.30. The molecule has 0 saturated heterocycles. The molecule has 0 radical (unpaired) electrons. The van der Waals surface area contributed by atoms with E-state index in [9.17, 15) is 4.79 Å². The molecule has 1 unspecified atom stereocenters. The van der Waals surface area contributed by atoms with Crippen LogP contribution in [0.15, 0.2) is 109 Å². The molecule has 39 heavy (non-hydrogen) atoms.